The standard InChI is InChI=1S/C71H81B2N5O7Si/c1-47(2)66(79)27-18-19-37-77(43-51-21-12-16-25-64(51)72(81)82)46-63-56-24-15-14-23-55(56)62(45-78(38-20-36-74-71(80)48(3)4)44-52-22-13-17-26-65(52)73(83)84)57-32-28-49(39-60(57)63)50-29-35-67(85-9)61(40-50)70-58-33-30-53(75(5)6)41-68(58)86(10,11)69-42-54(76(7)8)31-34-59(69)70/h12-17,21-26,28-35,39-42,81-84H,1,3,18-20,27,36-38,43-46H2,2,4-11H3/p+1. The molecule has 2 aliphatic rings. The lowest BCUT2D eigenvalue weighted by Gasteiger charge is -2.38. The van der Waals surface area contributed by atoms with E-state index in [9.17, 15) is 29.7 Å². The number of ether oxygens (including phenoxy) is 1. The molecule has 7 aromatic carbocycles. The molecule has 7 aromatic rings. The van der Waals surface area contributed by atoms with Crippen LogP contribution in [-0.4, -0.2) is 129 Å². The third kappa shape index (κ3) is 13.8. The molecule has 15 heteroatoms. The lowest BCUT2D eigenvalue weighted by molar-refractivity contribution is -0.462. The Kier molecular flexibility index (Phi) is 20.0. The molecule has 0 unspecified atom stereocenters. The number of benzene rings is 7. The van der Waals surface area contributed by atoms with Crippen LogP contribution in [0.3, 0.4) is 0 Å². The number of hydrogen-bond donors (Lipinski definition) is 5. The minimum absolute atomic E-state index is 0.0479. The zero-order chi connectivity index (χ0) is 61.6. The average molecular weight is 1170 g/mol. The van der Waals surface area contributed by atoms with Crippen molar-refractivity contribution in [3.63, 3.8) is 0 Å². The van der Waals surface area contributed by atoms with Crippen molar-refractivity contribution in [2.45, 2.75) is 78.8 Å². The SMILES string of the molecule is C=C(C)C(=O)CCCCN(Cc1ccccc1B(O)O)Cc1c2ccccc2c(CN(CCCNC(=O)C(=C)C)Cc2ccccc2B(O)O)c2ccc(-c3ccc(OC)c(C4=C5C=CC(=[N+](C)C)C=C5[Si](C)(C)c5cc(N(C)C)ccc54)c3)cc12. The summed E-state index contributed by atoms with van der Waals surface area (Å²) in [4.78, 5) is 32.4. The van der Waals surface area contributed by atoms with Crippen molar-refractivity contribution in [3.8, 4) is 16.9 Å². The first-order valence-corrected chi connectivity index (χ1v) is 32.8. The highest BCUT2D eigenvalue weighted by molar-refractivity contribution is 6.98. The van der Waals surface area contributed by atoms with E-state index < -0.39 is 22.3 Å². The quantitative estimate of drug-likeness (QED) is 0.0124. The van der Waals surface area contributed by atoms with Crippen LogP contribution in [0.15, 0.2) is 181 Å². The second-order valence-corrected chi connectivity index (χ2v) is 28.4. The number of fused-ring (bicyclic) bond motifs is 4. The lowest BCUT2D eigenvalue weighted by atomic mass is 9.77. The summed E-state index contributed by atoms with van der Waals surface area (Å²) in [6, 6.07) is 43.6. The van der Waals surface area contributed by atoms with Gasteiger partial charge in [0.15, 0.2) is 11.5 Å². The molecule has 9 rings (SSSR count). The maximum absolute atomic E-state index is 12.8. The van der Waals surface area contributed by atoms with E-state index in [0.29, 0.717) is 87.1 Å². The number of carbonyl (C=O) groups is 2. The highest BCUT2D eigenvalue weighted by atomic mass is 28.3. The van der Waals surface area contributed by atoms with Crippen LogP contribution >= 0.6 is 0 Å². The number of ketones is 1. The molecule has 86 heavy (non-hydrogen) atoms. The van der Waals surface area contributed by atoms with Crippen molar-refractivity contribution < 1.29 is 39.0 Å². The zero-order valence-corrected chi connectivity index (χ0v) is 52.5. The number of Topliss-reactive ketones (excluding diaryl/α,β-unsaturated/α-hetero) is 1. The first kappa shape index (κ1) is 62.8. The summed E-state index contributed by atoms with van der Waals surface area (Å²) in [6.45, 7) is 19.5. The van der Waals surface area contributed by atoms with Crippen LogP contribution in [0.1, 0.15) is 72.9 Å². The Morgan fingerprint density at radius 1 is 0.640 bits per heavy atom. The molecule has 1 amide bonds. The van der Waals surface area contributed by atoms with Gasteiger partial charge in [-0.15, -0.1) is 0 Å². The molecule has 0 saturated carbocycles. The van der Waals surface area contributed by atoms with E-state index >= 15 is 0 Å². The van der Waals surface area contributed by atoms with Crippen molar-refractivity contribution in [1.82, 2.24) is 15.1 Å². The number of methoxy groups -OCH3 is 1. The van der Waals surface area contributed by atoms with Crippen molar-refractivity contribution in [3.05, 3.63) is 214 Å². The number of hydrogen-bond acceptors (Lipinski definition) is 10. The van der Waals surface area contributed by atoms with Crippen molar-refractivity contribution >= 4 is 88.6 Å². The Hall–Kier alpha value is -7.72. The Morgan fingerprint density at radius 2 is 1.21 bits per heavy atom. The fourth-order valence-corrected chi connectivity index (χ4v) is 15.4. The second kappa shape index (κ2) is 27.3. The predicted octanol–water partition coefficient (Wildman–Crippen LogP) is 8.98. The molecule has 1 heterocycles. The Labute approximate surface area is 509 Å². The van der Waals surface area contributed by atoms with Gasteiger partial charge in [-0.1, -0.05) is 123 Å². The van der Waals surface area contributed by atoms with Gasteiger partial charge in [0, 0.05) is 88.8 Å². The Morgan fingerprint density at radius 3 is 1.79 bits per heavy atom. The van der Waals surface area contributed by atoms with Crippen molar-refractivity contribution in [2.24, 2.45) is 0 Å². The molecule has 0 atom stereocenters. The number of amides is 1. The number of unbranched alkanes of at least 4 members (excludes halogenated alkanes) is 1. The third-order valence-corrected chi connectivity index (χ3v) is 20.6. The molecule has 0 saturated heterocycles. The normalized spacial score (nSPS) is 13.4. The molecular formula is C71H82B2N5O7Si+. The summed E-state index contributed by atoms with van der Waals surface area (Å²) >= 11 is 0. The van der Waals surface area contributed by atoms with Gasteiger partial charge >= 0.3 is 14.2 Å². The van der Waals surface area contributed by atoms with Gasteiger partial charge in [0.2, 0.25) is 5.91 Å². The second-order valence-electron chi connectivity index (χ2n) is 24.0. The molecule has 0 spiro atoms. The van der Waals surface area contributed by atoms with E-state index in [1.807, 2.05) is 36.4 Å². The zero-order valence-electron chi connectivity index (χ0n) is 51.5. The topological polar surface area (TPSA) is 149 Å². The minimum Gasteiger partial charge on any atom is -0.496 e. The first-order chi connectivity index (χ1) is 41.2. The smallest absolute Gasteiger partial charge is 0.488 e. The molecule has 0 bridgehead atoms. The molecule has 0 aromatic heterocycles. The van der Waals surface area contributed by atoms with Crippen LogP contribution in [0.5, 0.6) is 5.75 Å². The fourth-order valence-electron chi connectivity index (χ4n) is 12.3. The highest BCUT2D eigenvalue weighted by Gasteiger charge is 2.41. The highest BCUT2D eigenvalue weighted by Crippen LogP contribution is 2.46. The van der Waals surface area contributed by atoms with Crippen LogP contribution in [-0.2, 0) is 35.8 Å². The van der Waals surface area contributed by atoms with Gasteiger partial charge in [-0.25, -0.2) is 4.58 Å². The van der Waals surface area contributed by atoms with Gasteiger partial charge in [-0.3, -0.25) is 19.4 Å². The number of carbonyl (C=O) groups excluding carboxylic acids is 2. The van der Waals surface area contributed by atoms with Gasteiger partial charge in [0.25, 0.3) is 0 Å². The molecular weight excluding hydrogens is 1080 g/mol. The van der Waals surface area contributed by atoms with Crippen LogP contribution in [0.4, 0.5) is 5.69 Å². The summed E-state index contributed by atoms with van der Waals surface area (Å²) in [7, 11) is 4.54. The number of anilines is 1. The molecule has 442 valence electrons. The molecule has 1 aliphatic heterocycles. The average Bonchev–Trinajstić information content (AvgIpc) is 0.781. The minimum atomic E-state index is -2.27. The van der Waals surface area contributed by atoms with Gasteiger partial charge in [-0.05, 0) is 175 Å². The summed E-state index contributed by atoms with van der Waals surface area (Å²) in [5, 5.41) is 52.5. The third-order valence-electron chi connectivity index (χ3n) is 17.1. The molecule has 12 nitrogen and oxygen atoms in total. The van der Waals surface area contributed by atoms with Gasteiger partial charge < -0.3 is 35.0 Å². The number of nitrogens with one attached hydrogen (secondary N) is 1. The molecule has 5 N–H and O–H groups in total. The van der Waals surface area contributed by atoms with E-state index in [-0.39, 0.29) is 11.7 Å². The first-order valence-electron chi connectivity index (χ1n) is 29.8. The summed E-state index contributed by atoms with van der Waals surface area (Å²) in [5.74, 6) is 0.623. The van der Waals surface area contributed by atoms with Crippen molar-refractivity contribution in [2.75, 3.05) is 59.8 Å². The maximum Gasteiger partial charge on any atom is 0.488 e. The van der Waals surface area contributed by atoms with Gasteiger partial charge in [0.05, 0.1) is 7.11 Å². The van der Waals surface area contributed by atoms with E-state index in [0.717, 1.165) is 89.6 Å². The summed E-state index contributed by atoms with van der Waals surface area (Å²) < 4.78 is 8.52. The van der Waals surface area contributed by atoms with E-state index in [1.54, 1.807) is 33.1 Å². The van der Waals surface area contributed by atoms with Crippen LogP contribution in [0.2, 0.25) is 13.1 Å². The monoisotopic (exact) mass is 1170 g/mol. The number of nitrogens with zero attached hydrogens (tertiary/aromatic N) is 4. The fraction of sp³-hybridized carbons (Fsp3) is 0.282. The summed E-state index contributed by atoms with van der Waals surface area (Å²) in [6.07, 6.45) is 9.32. The van der Waals surface area contributed by atoms with Crippen molar-refractivity contribution in [1.29, 1.82) is 0 Å². The predicted molar refractivity (Wildman–Crippen MR) is 359 cm³/mol. The Balaban J connectivity index is 1.25. The molecule has 1 aliphatic carbocycles. The lowest BCUT2D eigenvalue weighted by Crippen LogP contribution is -2.49. The Bertz CT molecular complexity index is 3900. The van der Waals surface area contributed by atoms with E-state index in [4.69, 9.17) is 4.74 Å². The van der Waals surface area contributed by atoms with E-state index in [1.165, 1.54) is 21.5 Å². The largest absolute Gasteiger partial charge is 0.496 e. The molecule has 0 radical (unpaired) electrons. The van der Waals surface area contributed by atoms with Crippen LogP contribution in [0, 0.1) is 0 Å². The van der Waals surface area contributed by atoms with E-state index in [2.05, 4.69) is 176 Å². The number of rotatable bonds is 25. The maximum atomic E-state index is 12.8. The number of allylic oxidation sites excluding steroid dienone is 6. The van der Waals surface area contributed by atoms with Crippen LogP contribution in [0.25, 0.3) is 38.2 Å². The summed E-state index contributed by atoms with van der Waals surface area (Å²) in [5.41, 5.74) is 14.5. The van der Waals surface area contributed by atoms with Gasteiger partial charge in [-0.2, -0.15) is 0 Å². The van der Waals surface area contributed by atoms with Gasteiger partial charge in [0.1, 0.15) is 27.9 Å². The molecule has 0 fully saturated rings. The van der Waals surface area contributed by atoms with Crippen LogP contribution < -0.4 is 31.1 Å².